The summed E-state index contributed by atoms with van der Waals surface area (Å²) in [7, 11) is 3.32. The standard InChI is InChI=1S/C16H28N2O2/c1-6-18(7-2)11-10-17-13(3)14-8-9-15(19-4)16(12-14)20-5/h8-9,12-13,17H,6-7,10-11H2,1-5H3. The van der Waals surface area contributed by atoms with E-state index >= 15 is 0 Å². The molecule has 0 bridgehead atoms. The molecule has 114 valence electrons. The van der Waals surface area contributed by atoms with Crippen molar-refractivity contribution in [2.75, 3.05) is 40.4 Å². The van der Waals surface area contributed by atoms with Crippen LogP contribution in [-0.4, -0.2) is 45.3 Å². The van der Waals surface area contributed by atoms with Crippen LogP contribution < -0.4 is 14.8 Å². The number of benzene rings is 1. The lowest BCUT2D eigenvalue weighted by atomic mass is 10.1. The molecule has 20 heavy (non-hydrogen) atoms. The molecular formula is C16H28N2O2. The highest BCUT2D eigenvalue weighted by Crippen LogP contribution is 2.29. The number of hydrogen-bond donors (Lipinski definition) is 1. The first-order chi connectivity index (χ1) is 9.65. The molecule has 0 radical (unpaired) electrons. The normalized spacial score (nSPS) is 12.5. The lowest BCUT2D eigenvalue weighted by Crippen LogP contribution is -2.33. The number of likely N-dealkylation sites (N-methyl/N-ethyl adjacent to an activating group) is 1. The van der Waals surface area contributed by atoms with E-state index in [2.05, 4.69) is 37.1 Å². The quantitative estimate of drug-likeness (QED) is 0.754. The summed E-state index contributed by atoms with van der Waals surface area (Å²) in [6.07, 6.45) is 0. The Kier molecular flexibility index (Phi) is 7.41. The second kappa shape index (κ2) is 8.82. The van der Waals surface area contributed by atoms with Crippen LogP contribution in [0.1, 0.15) is 32.4 Å². The second-order valence-electron chi connectivity index (χ2n) is 4.82. The van der Waals surface area contributed by atoms with Crippen molar-refractivity contribution in [3.8, 4) is 11.5 Å². The summed E-state index contributed by atoms with van der Waals surface area (Å²) in [6.45, 7) is 10.8. The lowest BCUT2D eigenvalue weighted by Gasteiger charge is -2.21. The van der Waals surface area contributed by atoms with Gasteiger partial charge in [-0.05, 0) is 37.7 Å². The maximum atomic E-state index is 5.34. The predicted molar refractivity (Wildman–Crippen MR) is 83.8 cm³/mol. The van der Waals surface area contributed by atoms with E-state index in [-0.39, 0.29) is 0 Å². The Morgan fingerprint density at radius 2 is 1.75 bits per heavy atom. The maximum Gasteiger partial charge on any atom is 0.161 e. The molecule has 4 heteroatoms. The fraction of sp³-hybridized carbons (Fsp3) is 0.625. The largest absolute Gasteiger partial charge is 0.493 e. The van der Waals surface area contributed by atoms with Gasteiger partial charge in [0.25, 0.3) is 0 Å². The monoisotopic (exact) mass is 280 g/mol. The summed E-state index contributed by atoms with van der Waals surface area (Å²) in [5.74, 6) is 1.55. The van der Waals surface area contributed by atoms with E-state index < -0.39 is 0 Å². The van der Waals surface area contributed by atoms with Gasteiger partial charge < -0.3 is 19.7 Å². The van der Waals surface area contributed by atoms with Crippen molar-refractivity contribution in [1.29, 1.82) is 0 Å². The molecule has 0 saturated heterocycles. The molecule has 1 unspecified atom stereocenters. The summed E-state index contributed by atoms with van der Waals surface area (Å²) in [5.41, 5.74) is 1.21. The molecular weight excluding hydrogens is 252 g/mol. The first kappa shape index (κ1) is 16.8. The summed E-state index contributed by atoms with van der Waals surface area (Å²) in [5, 5.41) is 3.55. The van der Waals surface area contributed by atoms with Gasteiger partial charge in [-0.1, -0.05) is 19.9 Å². The minimum atomic E-state index is 0.297. The molecule has 0 saturated carbocycles. The van der Waals surface area contributed by atoms with Crippen LogP contribution in [0, 0.1) is 0 Å². The number of hydrogen-bond acceptors (Lipinski definition) is 4. The molecule has 0 aliphatic rings. The Morgan fingerprint density at radius 1 is 1.10 bits per heavy atom. The fourth-order valence-electron chi connectivity index (χ4n) is 2.22. The third-order valence-electron chi connectivity index (χ3n) is 3.68. The highest BCUT2D eigenvalue weighted by molar-refractivity contribution is 5.43. The number of methoxy groups -OCH3 is 2. The average Bonchev–Trinajstić information content (AvgIpc) is 2.50. The van der Waals surface area contributed by atoms with Gasteiger partial charge >= 0.3 is 0 Å². The molecule has 0 spiro atoms. The first-order valence-corrected chi connectivity index (χ1v) is 7.33. The van der Waals surface area contributed by atoms with Crippen molar-refractivity contribution in [2.24, 2.45) is 0 Å². The van der Waals surface area contributed by atoms with Gasteiger partial charge in [0.15, 0.2) is 11.5 Å². The van der Waals surface area contributed by atoms with Gasteiger partial charge in [0.05, 0.1) is 14.2 Å². The highest BCUT2D eigenvalue weighted by Gasteiger charge is 2.10. The van der Waals surface area contributed by atoms with Gasteiger partial charge in [0, 0.05) is 19.1 Å². The molecule has 0 aliphatic heterocycles. The van der Waals surface area contributed by atoms with Crippen LogP contribution in [0.3, 0.4) is 0 Å². The minimum absolute atomic E-state index is 0.297. The number of ether oxygens (including phenoxy) is 2. The third-order valence-corrected chi connectivity index (χ3v) is 3.68. The first-order valence-electron chi connectivity index (χ1n) is 7.33. The van der Waals surface area contributed by atoms with E-state index in [0.717, 1.165) is 37.7 Å². The molecule has 1 N–H and O–H groups in total. The number of rotatable bonds is 9. The minimum Gasteiger partial charge on any atom is -0.493 e. The summed E-state index contributed by atoms with van der Waals surface area (Å²) in [4.78, 5) is 2.41. The van der Waals surface area contributed by atoms with Crippen molar-refractivity contribution in [3.63, 3.8) is 0 Å². The van der Waals surface area contributed by atoms with E-state index in [9.17, 15) is 0 Å². The van der Waals surface area contributed by atoms with Crippen molar-refractivity contribution in [3.05, 3.63) is 23.8 Å². The lowest BCUT2D eigenvalue weighted by molar-refractivity contribution is 0.297. The molecule has 0 aliphatic carbocycles. The van der Waals surface area contributed by atoms with Crippen LogP contribution in [0.2, 0.25) is 0 Å². The zero-order valence-electron chi connectivity index (χ0n) is 13.4. The summed E-state index contributed by atoms with van der Waals surface area (Å²) >= 11 is 0. The van der Waals surface area contributed by atoms with Crippen LogP contribution in [0.5, 0.6) is 11.5 Å². The third kappa shape index (κ3) is 4.69. The van der Waals surface area contributed by atoms with E-state index in [4.69, 9.17) is 9.47 Å². The van der Waals surface area contributed by atoms with Gasteiger partial charge in [-0.25, -0.2) is 0 Å². The average molecular weight is 280 g/mol. The van der Waals surface area contributed by atoms with Gasteiger partial charge in [-0.3, -0.25) is 0 Å². The summed E-state index contributed by atoms with van der Waals surface area (Å²) < 4.78 is 10.6. The van der Waals surface area contributed by atoms with Crippen LogP contribution >= 0.6 is 0 Å². The molecule has 1 aromatic rings. The Morgan fingerprint density at radius 3 is 2.30 bits per heavy atom. The van der Waals surface area contributed by atoms with Crippen LogP contribution in [-0.2, 0) is 0 Å². The molecule has 4 nitrogen and oxygen atoms in total. The van der Waals surface area contributed by atoms with Crippen molar-refractivity contribution in [2.45, 2.75) is 26.8 Å². The maximum absolute atomic E-state index is 5.34. The predicted octanol–water partition coefficient (Wildman–Crippen LogP) is 2.70. The van der Waals surface area contributed by atoms with Crippen molar-refractivity contribution >= 4 is 0 Å². The van der Waals surface area contributed by atoms with Gasteiger partial charge in [0.2, 0.25) is 0 Å². The molecule has 1 aromatic carbocycles. The van der Waals surface area contributed by atoms with E-state index in [1.807, 2.05) is 12.1 Å². The molecule has 0 heterocycles. The molecule has 1 atom stereocenters. The van der Waals surface area contributed by atoms with E-state index in [1.54, 1.807) is 14.2 Å². The van der Waals surface area contributed by atoms with Gasteiger partial charge in [-0.2, -0.15) is 0 Å². The van der Waals surface area contributed by atoms with Crippen LogP contribution in [0.15, 0.2) is 18.2 Å². The van der Waals surface area contributed by atoms with Gasteiger partial charge in [0.1, 0.15) is 0 Å². The molecule has 0 aromatic heterocycles. The number of nitrogens with zero attached hydrogens (tertiary/aromatic N) is 1. The SMILES string of the molecule is CCN(CC)CCNC(C)c1ccc(OC)c(OC)c1. The fourth-order valence-corrected chi connectivity index (χ4v) is 2.22. The van der Waals surface area contributed by atoms with Crippen LogP contribution in [0.25, 0.3) is 0 Å². The van der Waals surface area contributed by atoms with Gasteiger partial charge in [-0.15, -0.1) is 0 Å². The van der Waals surface area contributed by atoms with E-state index in [1.165, 1.54) is 5.56 Å². The highest BCUT2D eigenvalue weighted by atomic mass is 16.5. The zero-order valence-corrected chi connectivity index (χ0v) is 13.4. The Balaban J connectivity index is 2.57. The zero-order chi connectivity index (χ0) is 15.0. The van der Waals surface area contributed by atoms with E-state index in [0.29, 0.717) is 6.04 Å². The smallest absolute Gasteiger partial charge is 0.161 e. The topological polar surface area (TPSA) is 33.7 Å². The molecule has 1 rings (SSSR count). The number of nitrogens with one attached hydrogen (secondary N) is 1. The van der Waals surface area contributed by atoms with Crippen molar-refractivity contribution in [1.82, 2.24) is 10.2 Å². The Labute approximate surface area is 123 Å². The summed E-state index contributed by atoms with van der Waals surface area (Å²) in [6, 6.07) is 6.37. The molecule has 0 amide bonds. The second-order valence-corrected chi connectivity index (χ2v) is 4.82. The van der Waals surface area contributed by atoms with Crippen molar-refractivity contribution < 1.29 is 9.47 Å². The Hall–Kier alpha value is -1.26. The Bertz CT molecular complexity index is 392. The van der Waals surface area contributed by atoms with Crippen LogP contribution in [0.4, 0.5) is 0 Å². The molecule has 0 fully saturated rings.